The van der Waals surface area contributed by atoms with Gasteiger partial charge in [0.25, 0.3) is 0 Å². The molecule has 0 saturated heterocycles. The number of anilines is 1. The first-order chi connectivity index (χ1) is 6.77. The Bertz CT molecular complexity index is 437. The molecule has 2 aromatic carbocycles. The fraction of sp³-hybridized carbons (Fsp3) is 0. The normalized spacial score (nSPS) is 10.1. The van der Waals surface area contributed by atoms with Gasteiger partial charge in [0, 0.05) is 0 Å². The molecule has 2 N–H and O–H groups in total. The molecule has 0 heterocycles. The third-order valence-corrected chi connectivity index (χ3v) is 2.45. The van der Waals surface area contributed by atoms with Gasteiger partial charge in [0.2, 0.25) is 0 Å². The van der Waals surface area contributed by atoms with Crippen molar-refractivity contribution in [1.82, 2.24) is 0 Å². The van der Waals surface area contributed by atoms with Crippen LogP contribution in [-0.4, -0.2) is 0 Å². The Hall–Kier alpha value is -1.47. The molecule has 0 bridgehead atoms. The van der Waals surface area contributed by atoms with Gasteiger partial charge in [-0.05, 0) is 23.3 Å². The van der Waals surface area contributed by atoms with E-state index in [-0.39, 0.29) is 0 Å². The molecule has 0 aliphatic heterocycles. The van der Waals surface area contributed by atoms with Gasteiger partial charge in [-0.2, -0.15) is 0 Å². The molecule has 0 fully saturated rings. The van der Waals surface area contributed by atoms with Crippen molar-refractivity contribution in [2.24, 2.45) is 0 Å². The largest absolute Gasteiger partial charge is 0.398 e. The fourth-order valence-corrected chi connectivity index (χ4v) is 1.47. The Morgan fingerprint density at radius 2 is 1.57 bits per heavy atom. The average Bonchev–Trinajstić information content (AvgIpc) is 2.23. The molecule has 0 unspecified atom stereocenters. The Morgan fingerprint density at radius 3 is 2.21 bits per heavy atom. The lowest BCUT2D eigenvalue weighted by molar-refractivity contribution is 1.61. The first-order valence-electron chi connectivity index (χ1n) is 4.38. The van der Waals surface area contributed by atoms with Gasteiger partial charge in [-0.1, -0.05) is 48.0 Å². The highest BCUT2D eigenvalue weighted by atomic mass is 35.5. The van der Waals surface area contributed by atoms with Crippen molar-refractivity contribution >= 4 is 17.3 Å². The minimum absolute atomic E-state index is 0.602. The van der Waals surface area contributed by atoms with Crippen molar-refractivity contribution < 1.29 is 0 Å². The smallest absolute Gasteiger partial charge is 0.0635 e. The van der Waals surface area contributed by atoms with Gasteiger partial charge in [-0.15, -0.1) is 0 Å². The SMILES string of the molecule is Nc1cc(-c2ccccc2)ccc1Cl. The lowest BCUT2D eigenvalue weighted by Gasteiger charge is -2.03. The topological polar surface area (TPSA) is 26.0 Å². The van der Waals surface area contributed by atoms with Gasteiger partial charge in [0.15, 0.2) is 0 Å². The molecule has 0 atom stereocenters. The zero-order chi connectivity index (χ0) is 9.97. The number of hydrogen-bond donors (Lipinski definition) is 1. The Kier molecular flexibility index (Phi) is 2.42. The standard InChI is InChI=1S/C12H10ClN/c13-11-7-6-10(8-12(11)14)9-4-2-1-3-5-9/h1-8H,14H2. The maximum atomic E-state index is 5.84. The molecule has 2 heteroatoms. The summed E-state index contributed by atoms with van der Waals surface area (Å²) in [5.74, 6) is 0. The van der Waals surface area contributed by atoms with Crippen LogP contribution in [0.4, 0.5) is 5.69 Å². The van der Waals surface area contributed by atoms with Crippen molar-refractivity contribution in [2.45, 2.75) is 0 Å². The van der Waals surface area contributed by atoms with Crippen molar-refractivity contribution in [3.05, 3.63) is 53.6 Å². The molecule has 0 radical (unpaired) electrons. The van der Waals surface area contributed by atoms with Crippen LogP contribution in [0.1, 0.15) is 0 Å². The van der Waals surface area contributed by atoms with Gasteiger partial charge in [0.1, 0.15) is 0 Å². The monoisotopic (exact) mass is 203 g/mol. The molecule has 2 rings (SSSR count). The summed E-state index contributed by atoms with van der Waals surface area (Å²) in [6.45, 7) is 0. The number of nitrogens with two attached hydrogens (primary N) is 1. The van der Waals surface area contributed by atoms with E-state index in [1.165, 1.54) is 0 Å². The molecule has 0 aliphatic carbocycles. The molecular formula is C12H10ClN. The predicted octanol–water partition coefficient (Wildman–Crippen LogP) is 3.59. The van der Waals surface area contributed by atoms with E-state index in [1.807, 2.05) is 48.5 Å². The van der Waals surface area contributed by atoms with Crippen molar-refractivity contribution in [3.63, 3.8) is 0 Å². The minimum atomic E-state index is 0.602. The van der Waals surface area contributed by atoms with Crippen LogP contribution in [0.2, 0.25) is 5.02 Å². The van der Waals surface area contributed by atoms with Crippen molar-refractivity contribution in [3.8, 4) is 11.1 Å². The van der Waals surface area contributed by atoms with E-state index in [1.54, 1.807) is 0 Å². The van der Waals surface area contributed by atoms with E-state index in [9.17, 15) is 0 Å². The highest BCUT2D eigenvalue weighted by Crippen LogP contribution is 2.26. The number of rotatable bonds is 1. The Balaban J connectivity index is 2.48. The number of nitrogen functional groups attached to an aromatic ring is 1. The summed E-state index contributed by atoms with van der Waals surface area (Å²) in [5.41, 5.74) is 8.58. The molecule has 14 heavy (non-hydrogen) atoms. The number of benzene rings is 2. The summed E-state index contributed by atoms with van der Waals surface area (Å²) in [5, 5.41) is 0.602. The average molecular weight is 204 g/mol. The van der Waals surface area contributed by atoms with Gasteiger partial charge in [0.05, 0.1) is 10.7 Å². The summed E-state index contributed by atoms with van der Waals surface area (Å²) in [6.07, 6.45) is 0. The molecule has 0 aromatic heterocycles. The third-order valence-electron chi connectivity index (χ3n) is 2.10. The highest BCUT2D eigenvalue weighted by Gasteiger charge is 1.99. The predicted molar refractivity (Wildman–Crippen MR) is 61.3 cm³/mol. The van der Waals surface area contributed by atoms with Gasteiger partial charge in [-0.3, -0.25) is 0 Å². The maximum absolute atomic E-state index is 5.84. The number of halogens is 1. The summed E-state index contributed by atoms with van der Waals surface area (Å²) in [4.78, 5) is 0. The number of hydrogen-bond acceptors (Lipinski definition) is 1. The molecule has 0 saturated carbocycles. The zero-order valence-electron chi connectivity index (χ0n) is 7.57. The molecule has 0 spiro atoms. The van der Waals surface area contributed by atoms with Crippen LogP contribution in [0, 0.1) is 0 Å². The van der Waals surface area contributed by atoms with Gasteiger partial charge in [-0.25, -0.2) is 0 Å². The Morgan fingerprint density at radius 1 is 0.857 bits per heavy atom. The second kappa shape index (κ2) is 3.72. The molecule has 1 nitrogen and oxygen atoms in total. The minimum Gasteiger partial charge on any atom is -0.398 e. The van der Waals surface area contributed by atoms with E-state index in [0.29, 0.717) is 10.7 Å². The summed E-state index contributed by atoms with van der Waals surface area (Å²) in [6, 6.07) is 15.7. The van der Waals surface area contributed by atoms with Crippen molar-refractivity contribution in [1.29, 1.82) is 0 Å². The van der Waals surface area contributed by atoms with Crippen LogP contribution in [0.3, 0.4) is 0 Å². The van der Waals surface area contributed by atoms with E-state index < -0.39 is 0 Å². The van der Waals surface area contributed by atoms with Crippen LogP contribution in [0.5, 0.6) is 0 Å². The molecular weight excluding hydrogens is 194 g/mol. The third kappa shape index (κ3) is 1.73. The first-order valence-corrected chi connectivity index (χ1v) is 4.75. The van der Waals surface area contributed by atoms with Crippen LogP contribution in [-0.2, 0) is 0 Å². The Labute approximate surface area is 88.1 Å². The highest BCUT2D eigenvalue weighted by molar-refractivity contribution is 6.33. The van der Waals surface area contributed by atoms with Crippen LogP contribution in [0.25, 0.3) is 11.1 Å². The molecule has 0 amide bonds. The molecule has 0 aliphatic rings. The van der Waals surface area contributed by atoms with E-state index in [2.05, 4.69) is 0 Å². The van der Waals surface area contributed by atoms with Crippen molar-refractivity contribution in [2.75, 3.05) is 5.73 Å². The second-order valence-corrected chi connectivity index (χ2v) is 3.51. The van der Waals surface area contributed by atoms with E-state index in [4.69, 9.17) is 17.3 Å². The molecule has 70 valence electrons. The summed E-state index contributed by atoms with van der Waals surface area (Å²) >= 11 is 5.84. The summed E-state index contributed by atoms with van der Waals surface area (Å²) in [7, 11) is 0. The van der Waals surface area contributed by atoms with Crippen LogP contribution >= 0.6 is 11.6 Å². The van der Waals surface area contributed by atoms with E-state index in [0.717, 1.165) is 11.1 Å². The maximum Gasteiger partial charge on any atom is 0.0635 e. The second-order valence-electron chi connectivity index (χ2n) is 3.10. The summed E-state index contributed by atoms with van der Waals surface area (Å²) < 4.78 is 0. The van der Waals surface area contributed by atoms with Gasteiger partial charge < -0.3 is 5.73 Å². The quantitative estimate of drug-likeness (QED) is 0.705. The lowest BCUT2D eigenvalue weighted by atomic mass is 10.1. The van der Waals surface area contributed by atoms with Crippen LogP contribution in [0.15, 0.2) is 48.5 Å². The zero-order valence-corrected chi connectivity index (χ0v) is 8.33. The van der Waals surface area contributed by atoms with E-state index >= 15 is 0 Å². The first kappa shape index (κ1) is 9.10. The lowest BCUT2D eigenvalue weighted by Crippen LogP contribution is -1.86. The molecule has 2 aromatic rings. The fourth-order valence-electron chi connectivity index (χ4n) is 1.35. The van der Waals surface area contributed by atoms with Crippen LogP contribution < -0.4 is 5.73 Å². The van der Waals surface area contributed by atoms with Gasteiger partial charge >= 0.3 is 0 Å².